The number of halogens is 1. The van der Waals surface area contributed by atoms with Crippen molar-refractivity contribution in [3.63, 3.8) is 0 Å². The lowest BCUT2D eigenvalue weighted by Gasteiger charge is -2.15. The quantitative estimate of drug-likeness (QED) is 0.823. The minimum absolute atomic E-state index is 0.0351. The zero-order valence-corrected chi connectivity index (χ0v) is 8.79. The smallest absolute Gasteiger partial charge is 0.253 e. The van der Waals surface area contributed by atoms with Gasteiger partial charge in [-0.3, -0.25) is 4.79 Å². The molecule has 1 amide bonds. The van der Waals surface area contributed by atoms with Gasteiger partial charge < -0.3 is 10.6 Å². The monoisotopic (exact) mass is 212 g/mol. The van der Waals surface area contributed by atoms with Crippen LogP contribution in [0.15, 0.2) is 24.3 Å². The zero-order valence-electron chi connectivity index (χ0n) is 8.03. The third kappa shape index (κ3) is 2.72. The van der Waals surface area contributed by atoms with Gasteiger partial charge in [-0.05, 0) is 24.3 Å². The Morgan fingerprint density at radius 2 is 2.00 bits per heavy atom. The molecule has 0 saturated carbocycles. The summed E-state index contributed by atoms with van der Waals surface area (Å²) in [6, 6.07) is 6.81. The van der Waals surface area contributed by atoms with Crippen molar-refractivity contribution >= 4 is 17.5 Å². The van der Waals surface area contributed by atoms with E-state index in [4.69, 9.17) is 17.3 Å². The normalized spacial score (nSPS) is 9.93. The lowest BCUT2D eigenvalue weighted by molar-refractivity contribution is 0.0799. The van der Waals surface area contributed by atoms with Crippen LogP contribution in [0.25, 0.3) is 0 Å². The summed E-state index contributed by atoms with van der Waals surface area (Å²) >= 11 is 5.71. The van der Waals surface area contributed by atoms with Gasteiger partial charge in [-0.15, -0.1) is 0 Å². The molecule has 0 radical (unpaired) electrons. The summed E-state index contributed by atoms with van der Waals surface area (Å²) in [5.74, 6) is -0.0351. The second-order valence-electron chi connectivity index (χ2n) is 3.02. The number of hydrogen-bond donors (Lipinski definition) is 1. The first-order valence-electron chi connectivity index (χ1n) is 4.36. The van der Waals surface area contributed by atoms with Crippen molar-refractivity contribution in [2.24, 2.45) is 5.73 Å². The molecule has 0 bridgehead atoms. The van der Waals surface area contributed by atoms with E-state index < -0.39 is 0 Å². The van der Waals surface area contributed by atoms with Gasteiger partial charge in [0.2, 0.25) is 0 Å². The highest BCUT2D eigenvalue weighted by Crippen LogP contribution is 2.10. The van der Waals surface area contributed by atoms with Gasteiger partial charge in [0.05, 0.1) is 0 Å². The molecule has 0 aliphatic rings. The van der Waals surface area contributed by atoms with Gasteiger partial charge in [-0.1, -0.05) is 11.6 Å². The molecule has 1 aromatic carbocycles. The molecule has 14 heavy (non-hydrogen) atoms. The Morgan fingerprint density at radius 1 is 1.43 bits per heavy atom. The van der Waals surface area contributed by atoms with Crippen molar-refractivity contribution in [3.05, 3.63) is 34.9 Å². The molecule has 0 aromatic heterocycles. The van der Waals surface area contributed by atoms with Crippen LogP contribution >= 0.6 is 11.6 Å². The molecule has 0 spiro atoms. The second-order valence-corrected chi connectivity index (χ2v) is 3.46. The maximum Gasteiger partial charge on any atom is 0.253 e. The number of rotatable bonds is 3. The van der Waals surface area contributed by atoms with E-state index in [1.165, 1.54) is 0 Å². The van der Waals surface area contributed by atoms with Gasteiger partial charge in [-0.25, -0.2) is 0 Å². The molecule has 2 N–H and O–H groups in total. The van der Waals surface area contributed by atoms with Crippen molar-refractivity contribution < 1.29 is 4.79 Å². The van der Waals surface area contributed by atoms with Crippen molar-refractivity contribution in [3.8, 4) is 0 Å². The predicted molar refractivity (Wildman–Crippen MR) is 57.5 cm³/mol. The second kappa shape index (κ2) is 4.98. The summed E-state index contributed by atoms with van der Waals surface area (Å²) < 4.78 is 0. The van der Waals surface area contributed by atoms with Crippen LogP contribution in [0.1, 0.15) is 10.4 Å². The van der Waals surface area contributed by atoms with Crippen LogP contribution in [0.5, 0.6) is 0 Å². The maximum atomic E-state index is 11.7. The minimum atomic E-state index is -0.0351. The number of nitrogens with two attached hydrogens (primary N) is 1. The fourth-order valence-electron chi connectivity index (χ4n) is 1.11. The van der Waals surface area contributed by atoms with Crippen LogP contribution in [0, 0.1) is 0 Å². The summed E-state index contributed by atoms with van der Waals surface area (Å²) in [6.07, 6.45) is 0. The summed E-state index contributed by atoms with van der Waals surface area (Å²) in [7, 11) is 1.73. The molecular weight excluding hydrogens is 200 g/mol. The average Bonchev–Trinajstić information content (AvgIpc) is 2.18. The van der Waals surface area contributed by atoms with Gasteiger partial charge in [-0.2, -0.15) is 0 Å². The van der Waals surface area contributed by atoms with E-state index in [2.05, 4.69) is 0 Å². The van der Waals surface area contributed by atoms with Crippen LogP contribution in [0.2, 0.25) is 5.02 Å². The highest BCUT2D eigenvalue weighted by atomic mass is 35.5. The highest BCUT2D eigenvalue weighted by Gasteiger charge is 2.09. The molecule has 76 valence electrons. The summed E-state index contributed by atoms with van der Waals surface area (Å²) in [4.78, 5) is 13.3. The first kappa shape index (κ1) is 11.0. The van der Waals surface area contributed by atoms with E-state index in [0.717, 1.165) is 0 Å². The molecule has 4 heteroatoms. The summed E-state index contributed by atoms with van der Waals surface area (Å²) in [6.45, 7) is 1.03. The molecule has 1 aromatic rings. The fraction of sp³-hybridized carbons (Fsp3) is 0.300. The SMILES string of the molecule is CN(CCN)C(=O)c1ccc(Cl)cc1. The molecule has 0 fully saturated rings. The van der Waals surface area contributed by atoms with Crippen molar-refractivity contribution in [1.82, 2.24) is 4.90 Å². The van der Waals surface area contributed by atoms with Gasteiger partial charge in [0.15, 0.2) is 0 Å². The van der Waals surface area contributed by atoms with Crippen LogP contribution in [0.4, 0.5) is 0 Å². The van der Waals surface area contributed by atoms with E-state index in [1.54, 1.807) is 36.2 Å². The number of amides is 1. The third-order valence-electron chi connectivity index (χ3n) is 1.90. The van der Waals surface area contributed by atoms with Gasteiger partial charge in [0, 0.05) is 30.7 Å². The van der Waals surface area contributed by atoms with E-state index in [-0.39, 0.29) is 5.91 Å². The molecule has 0 aliphatic carbocycles. The van der Waals surface area contributed by atoms with E-state index >= 15 is 0 Å². The molecule has 3 nitrogen and oxygen atoms in total. The van der Waals surface area contributed by atoms with Crippen LogP contribution in [-0.2, 0) is 0 Å². The predicted octanol–water partition coefficient (Wildman–Crippen LogP) is 1.37. The Hall–Kier alpha value is -1.06. The zero-order chi connectivity index (χ0) is 10.6. The first-order valence-corrected chi connectivity index (χ1v) is 4.74. The Morgan fingerprint density at radius 3 is 2.50 bits per heavy atom. The number of hydrogen-bond acceptors (Lipinski definition) is 2. The van der Waals surface area contributed by atoms with Gasteiger partial charge in [0.25, 0.3) is 5.91 Å². The summed E-state index contributed by atoms with van der Waals surface area (Å²) in [5.41, 5.74) is 5.98. The van der Waals surface area contributed by atoms with Crippen molar-refractivity contribution in [2.75, 3.05) is 20.1 Å². The Labute approximate surface area is 88.5 Å². The number of carbonyl (C=O) groups is 1. The number of likely N-dealkylation sites (N-methyl/N-ethyl adjacent to an activating group) is 1. The van der Waals surface area contributed by atoms with Gasteiger partial charge >= 0.3 is 0 Å². The van der Waals surface area contributed by atoms with Crippen molar-refractivity contribution in [1.29, 1.82) is 0 Å². The first-order chi connectivity index (χ1) is 6.65. The van der Waals surface area contributed by atoms with E-state index in [9.17, 15) is 4.79 Å². The number of carbonyl (C=O) groups excluding carboxylic acids is 1. The van der Waals surface area contributed by atoms with Crippen LogP contribution < -0.4 is 5.73 Å². The molecule has 1 rings (SSSR count). The van der Waals surface area contributed by atoms with E-state index in [0.29, 0.717) is 23.7 Å². The third-order valence-corrected chi connectivity index (χ3v) is 2.15. The molecular formula is C10H13ClN2O. The van der Waals surface area contributed by atoms with Crippen molar-refractivity contribution in [2.45, 2.75) is 0 Å². The number of nitrogens with zero attached hydrogens (tertiary/aromatic N) is 1. The Kier molecular flexibility index (Phi) is 3.92. The maximum absolute atomic E-state index is 11.7. The largest absolute Gasteiger partial charge is 0.340 e. The molecule has 0 unspecified atom stereocenters. The lowest BCUT2D eigenvalue weighted by atomic mass is 10.2. The standard InChI is InChI=1S/C10H13ClN2O/c1-13(7-6-12)10(14)8-2-4-9(11)5-3-8/h2-5H,6-7,12H2,1H3. The van der Waals surface area contributed by atoms with Crippen LogP contribution in [-0.4, -0.2) is 30.9 Å². The fourth-order valence-corrected chi connectivity index (χ4v) is 1.23. The Bertz CT molecular complexity index is 310. The summed E-state index contributed by atoms with van der Waals surface area (Å²) in [5, 5.41) is 0.628. The molecule has 0 atom stereocenters. The average molecular weight is 213 g/mol. The number of benzene rings is 1. The van der Waals surface area contributed by atoms with E-state index in [1.807, 2.05) is 0 Å². The topological polar surface area (TPSA) is 46.3 Å². The molecule has 0 heterocycles. The highest BCUT2D eigenvalue weighted by molar-refractivity contribution is 6.30. The Balaban J connectivity index is 2.74. The molecule has 0 aliphatic heterocycles. The molecule has 0 saturated heterocycles. The van der Waals surface area contributed by atoms with Gasteiger partial charge in [0.1, 0.15) is 0 Å². The van der Waals surface area contributed by atoms with Crippen LogP contribution in [0.3, 0.4) is 0 Å². The lowest BCUT2D eigenvalue weighted by Crippen LogP contribution is -2.31. The minimum Gasteiger partial charge on any atom is -0.340 e.